The zero-order chi connectivity index (χ0) is 25.1. The highest BCUT2D eigenvalue weighted by Crippen LogP contribution is 2.34. The molecular weight excluding hydrogens is 446 g/mol. The maximum atomic E-state index is 13.0. The average molecular weight is 474 g/mol. The number of ether oxygens (including phenoxy) is 1. The van der Waals surface area contributed by atoms with Gasteiger partial charge >= 0.3 is 0 Å². The minimum absolute atomic E-state index is 0.230. The van der Waals surface area contributed by atoms with E-state index in [1.807, 2.05) is 68.4 Å². The fourth-order valence-electron chi connectivity index (χ4n) is 3.40. The van der Waals surface area contributed by atoms with Crippen molar-refractivity contribution in [2.45, 2.75) is 20.4 Å². The van der Waals surface area contributed by atoms with E-state index in [0.29, 0.717) is 33.9 Å². The van der Waals surface area contributed by atoms with Crippen molar-refractivity contribution in [2.24, 2.45) is 0 Å². The van der Waals surface area contributed by atoms with Gasteiger partial charge in [-0.05, 0) is 35.4 Å². The van der Waals surface area contributed by atoms with Gasteiger partial charge in [-0.25, -0.2) is 0 Å². The molecule has 3 aromatic carbocycles. The van der Waals surface area contributed by atoms with Crippen molar-refractivity contribution in [3.63, 3.8) is 0 Å². The molecule has 4 aromatic rings. The molecule has 0 aliphatic carbocycles. The molecule has 2 N–H and O–H groups in total. The molecule has 0 unspecified atom stereocenters. The van der Waals surface area contributed by atoms with E-state index >= 15 is 0 Å². The van der Waals surface area contributed by atoms with Crippen LogP contribution in [-0.4, -0.2) is 12.1 Å². The molecule has 0 fully saturated rings. The average Bonchev–Trinajstić information content (AvgIpc) is 2.90. The maximum Gasteiger partial charge on any atom is 0.258 e. The molecule has 6 heteroatoms. The van der Waals surface area contributed by atoms with Crippen molar-refractivity contribution in [2.75, 3.05) is 12.4 Å². The number of halogens is 1. The van der Waals surface area contributed by atoms with Crippen LogP contribution in [0.2, 0.25) is 5.02 Å². The van der Waals surface area contributed by atoms with Crippen molar-refractivity contribution in [1.29, 1.82) is 5.26 Å². The summed E-state index contributed by atoms with van der Waals surface area (Å²) in [6.45, 7) is 10.5. The molecule has 0 saturated heterocycles. The van der Waals surface area contributed by atoms with Gasteiger partial charge in [-0.15, -0.1) is 13.2 Å². The molecular formula is C28H28ClN3O2. The number of H-pyrrole nitrogens is 1. The van der Waals surface area contributed by atoms with Gasteiger partial charge in [-0.2, -0.15) is 5.26 Å². The Morgan fingerprint density at radius 3 is 2.29 bits per heavy atom. The Balaban J connectivity index is 0.000000970. The van der Waals surface area contributed by atoms with Crippen molar-refractivity contribution in [3.05, 3.63) is 106 Å². The minimum atomic E-state index is -0.230. The largest absolute Gasteiger partial charge is 0.497 e. The summed E-state index contributed by atoms with van der Waals surface area (Å²) in [7, 11) is 1.62. The number of nitrogens with zero attached hydrogens (tertiary/aromatic N) is 1. The molecule has 0 aliphatic heterocycles. The lowest BCUT2D eigenvalue weighted by Crippen LogP contribution is -2.14. The molecule has 1 heterocycles. The van der Waals surface area contributed by atoms with Crippen LogP contribution in [0.15, 0.2) is 84.7 Å². The van der Waals surface area contributed by atoms with Crippen LogP contribution in [0.3, 0.4) is 0 Å². The zero-order valence-electron chi connectivity index (χ0n) is 19.6. The molecule has 0 radical (unpaired) electrons. The van der Waals surface area contributed by atoms with E-state index in [1.165, 1.54) is 0 Å². The van der Waals surface area contributed by atoms with Crippen LogP contribution in [0.4, 0.5) is 5.69 Å². The Hall–Kier alpha value is -4.01. The first-order chi connectivity index (χ1) is 16.6. The van der Waals surface area contributed by atoms with Crippen molar-refractivity contribution in [1.82, 2.24) is 4.98 Å². The fraction of sp³-hybridized carbons (Fsp3) is 0.143. The number of aromatic amines is 1. The van der Waals surface area contributed by atoms with Crippen LogP contribution in [-0.2, 0) is 6.54 Å². The van der Waals surface area contributed by atoms with Gasteiger partial charge < -0.3 is 15.0 Å². The lowest BCUT2D eigenvalue weighted by molar-refractivity contribution is 0.414. The van der Waals surface area contributed by atoms with E-state index in [-0.39, 0.29) is 5.56 Å². The quantitative estimate of drug-likeness (QED) is 0.301. The Kier molecular flexibility index (Phi) is 9.94. The van der Waals surface area contributed by atoms with Gasteiger partial charge in [0.2, 0.25) is 0 Å². The van der Waals surface area contributed by atoms with Gasteiger partial charge in [0.1, 0.15) is 11.8 Å². The molecule has 0 spiro atoms. The van der Waals surface area contributed by atoms with Crippen LogP contribution in [0.1, 0.15) is 25.0 Å². The summed E-state index contributed by atoms with van der Waals surface area (Å²) in [5, 5.41) is 13.9. The smallest absolute Gasteiger partial charge is 0.258 e. The molecule has 1 aromatic heterocycles. The van der Waals surface area contributed by atoms with Gasteiger partial charge in [0.25, 0.3) is 5.56 Å². The number of anilines is 1. The number of hydrogen-bond acceptors (Lipinski definition) is 4. The number of aromatic nitrogens is 1. The van der Waals surface area contributed by atoms with E-state index in [2.05, 4.69) is 29.5 Å². The topological polar surface area (TPSA) is 77.9 Å². The number of rotatable bonds is 5. The summed E-state index contributed by atoms with van der Waals surface area (Å²) >= 11 is 6.19. The van der Waals surface area contributed by atoms with E-state index in [0.717, 1.165) is 22.3 Å². The molecule has 4 rings (SSSR count). The third-order valence-electron chi connectivity index (χ3n) is 4.91. The second-order valence-electron chi connectivity index (χ2n) is 6.76. The molecule has 0 atom stereocenters. The molecule has 34 heavy (non-hydrogen) atoms. The first-order valence-corrected chi connectivity index (χ1v) is 11.2. The molecule has 0 amide bonds. The number of fused-ring (bicyclic) bond motifs is 1. The number of benzene rings is 3. The van der Waals surface area contributed by atoms with Crippen LogP contribution in [0.25, 0.3) is 22.0 Å². The van der Waals surface area contributed by atoms with Crippen molar-refractivity contribution >= 4 is 28.2 Å². The van der Waals surface area contributed by atoms with Crippen LogP contribution < -0.4 is 15.6 Å². The van der Waals surface area contributed by atoms with E-state index < -0.39 is 0 Å². The normalized spacial score (nSPS) is 9.62. The number of pyridine rings is 1. The highest BCUT2D eigenvalue weighted by molar-refractivity contribution is 6.32. The highest BCUT2D eigenvalue weighted by atomic mass is 35.5. The summed E-state index contributed by atoms with van der Waals surface area (Å²) < 4.78 is 5.21. The van der Waals surface area contributed by atoms with E-state index in [9.17, 15) is 10.1 Å². The number of methoxy groups -OCH3 is 1. The maximum absolute atomic E-state index is 13.0. The number of nitriles is 1. The Bertz CT molecular complexity index is 1320. The fourth-order valence-corrected chi connectivity index (χ4v) is 3.61. The second-order valence-corrected chi connectivity index (χ2v) is 7.17. The lowest BCUT2D eigenvalue weighted by Gasteiger charge is -2.16. The molecule has 0 bridgehead atoms. The van der Waals surface area contributed by atoms with Gasteiger partial charge in [0.05, 0.1) is 34.5 Å². The summed E-state index contributed by atoms with van der Waals surface area (Å²) in [5.74, 6) is 0.777. The van der Waals surface area contributed by atoms with Gasteiger partial charge in [0, 0.05) is 11.9 Å². The van der Waals surface area contributed by atoms with E-state index in [4.69, 9.17) is 16.3 Å². The summed E-state index contributed by atoms with van der Waals surface area (Å²) in [4.78, 5) is 15.9. The SMILES string of the molecule is C=C.CC.COc1ccc(CNc2c(-c3ccccc3)c(=O)[nH]c3cc(Cl)c(C#N)cc23)cc1. The minimum Gasteiger partial charge on any atom is -0.497 e. The summed E-state index contributed by atoms with van der Waals surface area (Å²) in [5.41, 5.74) is 3.67. The highest BCUT2D eigenvalue weighted by Gasteiger charge is 2.16. The Morgan fingerprint density at radius 1 is 1.06 bits per heavy atom. The third kappa shape index (κ3) is 5.86. The zero-order valence-corrected chi connectivity index (χ0v) is 20.4. The lowest BCUT2D eigenvalue weighted by atomic mass is 10.0. The second kappa shape index (κ2) is 12.9. The number of hydrogen-bond donors (Lipinski definition) is 2. The van der Waals surface area contributed by atoms with Gasteiger partial charge in [0.15, 0.2) is 0 Å². The molecule has 5 nitrogen and oxygen atoms in total. The van der Waals surface area contributed by atoms with Crippen LogP contribution in [0.5, 0.6) is 5.75 Å². The van der Waals surface area contributed by atoms with Gasteiger partial charge in [-0.1, -0.05) is 67.9 Å². The summed E-state index contributed by atoms with van der Waals surface area (Å²) in [6.07, 6.45) is 0. The first kappa shape index (κ1) is 26.2. The van der Waals surface area contributed by atoms with Crippen LogP contribution in [0, 0.1) is 11.3 Å². The third-order valence-corrected chi connectivity index (χ3v) is 5.23. The van der Waals surface area contributed by atoms with Crippen molar-refractivity contribution < 1.29 is 4.74 Å². The predicted octanol–water partition coefficient (Wildman–Crippen LogP) is 7.17. The summed E-state index contributed by atoms with van der Waals surface area (Å²) in [6, 6.07) is 22.6. The van der Waals surface area contributed by atoms with Crippen molar-refractivity contribution in [3.8, 4) is 22.9 Å². The molecule has 0 saturated carbocycles. The molecule has 174 valence electrons. The Morgan fingerprint density at radius 2 is 1.71 bits per heavy atom. The predicted molar refractivity (Wildman–Crippen MR) is 143 cm³/mol. The Labute approximate surface area is 205 Å². The van der Waals surface area contributed by atoms with E-state index in [1.54, 1.807) is 19.2 Å². The van der Waals surface area contributed by atoms with Crippen LogP contribution >= 0.6 is 11.6 Å². The standard InChI is InChI=1S/C24H18ClN3O2.C2H6.C2H4/c1-30-18-9-7-15(8-10-18)14-27-23-19-11-17(13-26)20(25)12-21(19)28-24(29)22(23)16-5-3-2-4-6-16;2*1-2/h2-12H,14H2,1H3,(H2,27,28,29);1-2H3;1-2H2. The first-order valence-electron chi connectivity index (χ1n) is 10.8. The number of nitrogens with one attached hydrogen (secondary N) is 2. The monoisotopic (exact) mass is 473 g/mol. The van der Waals surface area contributed by atoms with Gasteiger partial charge in [-0.3, -0.25) is 4.79 Å². The molecule has 0 aliphatic rings.